The minimum absolute atomic E-state index is 0.0424. The zero-order chi connectivity index (χ0) is 22.1. The minimum Gasteiger partial charge on any atom is -0.504 e. The van der Waals surface area contributed by atoms with Crippen molar-refractivity contribution < 1.29 is 24.9 Å². The minimum atomic E-state index is -1.08. The molecule has 0 heterocycles. The summed E-state index contributed by atoms with van der Waals surface area (Å²) in [4.78, 5) is 11.9. The summed E-state index contributed by atoms with van der Waals surface area (Å²) in [6.07, 6.45) is -1.08. The van der Waals surface area contributed by atoms with Crippen LogP contribution in [0.3, 0.4) is 0 Å². The Kier molecular flexibility index (Phi) is 7.40. The summed E-state index contributed by atoms with van der Waals surface area (Å²) >= 11 is 0. The number of aliphatic hydroxyl groups excluding tert-OH is 1. The third-order valence-electron chi connectivity index (χ3n) is 4.37. The maximum Gasteiger partial charge on any atom is 0.195 e. The number of phenolic OH excluding ortho intramolecular Hbond substituents is 2. The number of hydrogen-bond acceptors (Lipinski definition) is 5. The summed E-state index contributed by atoms with van der Waals surface area (Å²) in [6, 6.07) is 30.9. The van der Waals surface area contributed by atoms with Gasteiger partial charge in [0, 0.05) is 5.56 Å². The average Bonchev–Trinajstić information content (AvgIpc) is 2.82. The van der Waals surface area contributed by atoms with Crippen molar-refractivity contribution in [2.45, 2.75) is 6.10 Å². The van der Waals surface area contributed by atoms with Gasteiger partial charge in [-0.2, -0.15) is 0 Å². The van der Waals surface area contributed by atoms with E-state index >= 15 is 0 Å². The van der Waals surface area contributed by atoms with Gasteiger partial charge in [-0.15, -0.1) is 0 Å². The Bertz CT molecular complexity index is 1070. The number of para-hydroxylation sites is 4. The second-order valence-electron chi connectivity index (χ2n) is 6.58. The maximum atomic E-state index is 11.9. The van der Waals surface area contributed by atoms with Crippen LogP contribution in [0, 0.1) is 0 Å². The molecule has 0 amide bonds. The van der Waals surface area contributed by atoms with Crippen LogP contribution in [0.2, 0.25) is 0 Å². The van der Waals surface area contributed by atoms with Crippen LogP contribution < -0.4 is 4.74 Å². The molecule has 0 aliphatic carbocycles. The predicted molar refractivity (Wildman–Crippen MR) is 118 cm³/mol. The number of phenols is 2. The molecule has 0 fully saturated rings. The molecular formula is C26H22O5. The van der Waals surface area contributed by atoms with Crippen LogP contribution in [-0.2, 0) is 0 Å². The van der Waals surface area contributed by atoms with Gasteiger partial charge < -0.3 is 20.1 Å². The van der Waals surface area contributed by atoms with Gasteiger partial charge in [-0.3, -0.25) is 4.79 Å². The topological polar surface area (TPSA) is 87.0 Å². The van der Waals surface area contributed by atoms with Crippen LogP contribution >= 0.6 is 0 Å². The highest BCUT2D eigenvalue weighted by atomic mass is 16.5. The fourth-order valence-corrected chi connectivity index (χ4v) is 2.75. The molecule has 0 bridgehead atoms. The first-order chi connectivity index (χ1) is 15.1. The van der Waals surface area contributed by atoms with Crippen LogP contribution in [0.15, 0.2) is 109 Å². The lowest BCUT2D eigenvalue weighted by atomic mass is 10.0. The van der Waals surface area contributed by atoms with E-state index in [4.69, 9.17) is 4.74 Å². The molecule has 0 aliphatic heterocycles. The fourth-order valence-electron chi connectivity index (χ4n) is 2.75. The molecular weight excluding hydrogens is 392 g/mol. The molecule has 0 spiro atoms. The van der Waals surface area contributed by atoms with Crippen molar-refractivity contribution in [2.75, 3.05) is 0 Å². The molecule has 0 saturated heterocycles. The summed E-state index contributed by atoms with van der Waals surface area (Å²) in [5, 5.41) is 28.8. The van der Waals surface area contributed by atoms with E-state index in [0.717, 1.165) is 0 Å². The summed E-state index contributed by atoms with van der Waals surface area (Å²) < 4.78 is 5.34. The second-order valence-corrected chi connectivity index (χ2v) is 6.58. The second kappa shape index (κ2) is 10.6. The van der Waals surface area contributed by atoms with E-state index in [1.54, 1.807) is 84.9 Å². The predicted octanol–water partition coefficient (Wildman–Crippen LogP) is 5.49. The normalized spacial score (nSPS) is 11.0. The number of carbonyl (C=O) groups excluding carboxylic acids is 1. The quantitative estimate of drug-likeness (QED) is 0.376. The van der Waals surface area contributed by atoms with Crippen LogP contribution in [0.4, 0.5) is 0 Å². The molecule has 0 aliphatic rings. The molecule has 4 aromatic rings. The number of aliphatic hydroxyl groups is 1. The molecule has 0 radical (unpaired) electrons. The molecule has 0 saturated carbocycles. The van der Waals surface area contributed by atoms with Crippen LogP contribution in [0.1, 0.15) is 22.0 Å². The highest BCUT2D eigenvalue weighted by Crippen LogP contribution is 2.34. The standard InChI is InChI=1S/C14H12O2.C12H10O3/c15-13(11-7-3-1-4-8-11)14(16)12-9-5-2-6-10-12;13-9-5-1-3-7-11(9)15-12-8-4-2-6-10(12)14/h1-10,13,15H;1-8,13-14H. The van der Waals surface area contributed by atoms with Gasteiger partial charge in [0.1, 0.15) is 6.10 Å². The van der Waals surface area contributed by atoms with Gasteiger partial charge in [-0.05, 0) is 29.8 Å². The van der Waals surface area contributed by atoms with E-state index < -0.39 is 6.10 Å². The number of hydrogen-bond donors (Lipinski definition) is 3. The zero-order valence-corrected chi connectivity index (χ0v) is 16.6. The molecule has 5 nitrogen and oxygen atoms in total. The van der Waals surface area contributed by atoms with Crippen molar-refractivity contribution in [3.05, 3.63) is 120 Å². The zero-order valence-electron chi connectivity index (χ0n) is 16.6. The molecule has 3 N–H and O–H groups in total. The van der Waals surface area contributed by atoms with E-state index in [1.807, 2.05) is 12.1 Å². The number of rotatable bonds is 5. The van der Waals surface area contributed by atoms with Gasteiger partial charge in [0.2, 0.25) is 0 Å². The van der Waals surface area contributed by atoms with Gasteiger partial charge >= 0.3 is 0 Å². The molecule has 4 rings (SSSR count). The summed E-state index contributed by atoms with van der Waals surface area (Å²) in [5.74, 6) is 0.450. The van der Waals surface area contributed by atoms with Crippen molar-refractivity contribution in [3.63, 3.8) is 0 Å². The highest BCUT2D eigenvalue weighted by molar-refractivity contribution is 5.99. The lowest BCUT2D eigenvalue weighted by Gasteiger charge is -2.09. The Labute approximate surface area is 180 Å². The SMILES string of the molecule is O=C(c1ccccc1)C(O)c1ccccc1.Oc1ccccc1Oc1ccccc1O. The third-order valence-corrected chi connectivity index (χ3v) is 4.37. The number of aromatic hydroxyl groups is 2. The maximum absolute atomic E-state index is 11.9. The summed E-state index contributed by atoms with van der Waals surface area (Å²) in [7, 11) is 0. The summed E-state index contributed by atoms with van der Waals surface area (Å²) in [6.45, 7) is 0. The summed E-state index contributed by atoms with van der Waals surface area (Å²) in [5.41, 5.74) is 1.15. The Balaban J connectivity index is 0.000000176. The van der Waals surface area contributed by atoms with Crippen molar-refractivity contribution in [2.24, 2.45) is 0 Å². The van der Waals surface area contributed by atoms with Crippen molar-refractivity contribution in [3.8, 4) is 23.0 Å². The van der Waals surface area contributed by atoms with Gasteiger partial charge in [-0.25, -0.2) is 0 Å². The molecule has 1 atom stereocenters. The van der Waals surface area contributed by atoms with Crippen molar-refractivity contribution in [1.82, 2.24) is 0 Å². The monoisotopic (exact) mass is 414 g/mol. The molecule has 5 heteroatoms. The largest absolute Gasteiger partial charge is 0.504 e. The van der Waals surface area contributed by atoms with Crippen LogP contribution in [0.25, 0.3) is 0 Å². The highest BCUT2D eigenvalue weighted by Gasteiger charge is 2.18. The Morgan fingerprint density at radius 3 is 1.52 bits per heavy atom. The third kappa shape index (κ3) is 5.95. The van der Waals surface area contributed by atoms with E-state index in [1.165, 1.54) is 12.1 Å². The fraction of sp³-hybridized carbons (Fsp3) is 0.0385. The van der Waals surface area contributed by atoms with Gasteiger partial charge in [0.25, 0.3) is 0 Å². The molecule has 1 unspecified atom stereocenters. The Morgan fingerprint density at radius 2 is 1.03 bits per heavy atom. The van der Waals surface area contributed by atoms with E-state index in [0.29, 0.717) is 22.6 Å². The smallest absolute Gasteiger partial charge is 0.195 e. The number of ether oxygens (including phenoxy) is 1. The first-order valence-corrected chi connectivity index (χ1v) is 9.62. The Hall–Kier alpha value is -4.09. The molecule has 156 valence electrons. The van der Waals surface area contributed by atoms with Crippen molar-refractivity contribution >= 4 is 5.78 Å². The number of ketones is 1. The number of Topliss-reactive ketones (excluding diaryl/α,β-unsaturated/α-hetero) is 1. The van der Waals surface area contributed by atoms with E-state index in [9.17, 15) is 20.1 Å². The van der Waals surface area contributed by atoms with Gasteiger partial charge in [-0.1, -0.05) is 84.9 Å². The molecule has 4 aromatic carbocycles. The van der Waals surface area contributed by atoms with Gasteiger partial charge in [0.05, 0.1) is 0 Å². The average molecular weight is 414 g/mol. The number of carbonyl (C=O) groups is 1. The van der Waals surface area contributed by atoms with E-state index in [-0.39, 0.29) is 17.3 Å². The lowest BCUT2D eigenvalue weighted by Crippen LogP contribution is -2.11. The van der Waals surface area contributed by atoms with Crippen LogP contribution in [-0.4, -0.2) is 21.1 Å². The molecule has 0 aromatic heterocycles. The molecule has 31 heavy (non-hydrogen) atoms. The first-order valence-electron chi connectivity index (χ1n) is 9.62. The van der Waals surface area contributed by atoms with E-state index in [2.05, 4.69) is 0 Å². The van der Waals surface area contributed by atoms with Gasteiger partial charge in [0.15, 0.2) is 28.8 Å². The first kappa shape index (κ1) is 21.6. The van der Waals surface area contributed by atoms with Crippen LogP contribution in [0.5, 0.6) is 23.0 Å². The lowest BCUT2D eigenvalue weighted by molar-refractivity contribution is 0.0747. The Morgan fingerprint density at radius 1 is 0.613 bits per heavy atom. The van der Waals surface area contributed by atoms with Crippen molar-refractivity contribution in [1.29, 1.82) is 0 Å². The number of benzene rings is 4.